The summed E-state index contributed by atoms with van der Waals surface area (Å²) in [4.78, 5) is 12.6. The normalized spacial score (nSPS) is 35.2. The second kappa shape index (κ2) is 3.97. The van der Waals surface area contributed by atoms with Crippen LogP contribution in [0.2, 0.25) is 0 Å². The molecule has 1 fully saturated rings. The number of carbonyl (C=O) groups excluding carboxylic acids is 1. The minimum atomic E-state index is -0.362. The SMILES string of the molecule is CC1=C2[C@@H](C)COC(=O)[C@]23Cc2ccccc2[C@H](C1)C3. The first kappa shape index (κ1) is 12.2. The Hall–Kier alpha value is -1.57. The standard InChI is InChI=1S/C18H20O2/c1-11-7-14-9-18(8-13-5-3-4-6-15(13)14)16(11)12(2)10-20-17(18)19/h3-6,12,14H,7-10H2,1-2H3/t12-,14+,18-/m0/s1. The van der Waals surface area contributed by atoms with Gasteiger partial charge in [0.25, 0.3) is 0 Å². The van der Waals surface area contributed by atoms with Gasteiger partial charge >= 0.3 is 5.97 Å². The van der Waals surface area contributed by atoms with E-state index in [0.717, 1.165) is 19.3 Å². The number of benzene rings is 1. The Morgan fingerprint density at radius 1 is 1.30 bits per heavy atom. The Kier molecular flexibility index (Phi) is 2.42. The number of esters is 1. The molecule has 0 amide bonds. The molecule has 2 nitrogen and oxygen atoms in total. The van der Waals surface area contributed by atoms with Gasteiger partial charge in [-0.2, -0.15) is 0 Å². The highest BCUT2D eigenvalue weighted by atomic mass is 16.5. The van der Waals surface area contributed by atoms with Crippen molar-refractivity contribution in [3.8, 4) is 0 Å². The largest absolute Gasteiger partial charge is 0.464 e. The van der Waals surface area contributed by atoms with Crippen LogP contribution in [0.4, 0.5) is 0 Å². The summed E-state index contributed by atoms with van der Waals surface area (Å²) in [6.07, 6.45) is 2.88. The number of carbonyl (C=O) groups is 1. The van der Waals surface area contributed by atoms with E-state index in [1.807, 2.05) is 0 Å². The molecule has 104 valence electrons. The average molecular weight is 268 g/mol. The van der Waals surface area contributed by atoms with Crippen molar-refractivity contribution in [1.29, 1.82) is 0 Å². The van der Waals surface area contributed by atoms with E-state index in [0.29, 0.717) is 18.4 Å². The molecule has 1 aromatic carbocycles. The molecule has 2 bridgehead atoms. The number of ether oxygens (including phenoxy) is 1. The van der Waals surface area contributed by atoms with Crippen molar-refractivity contribution in [2.75, 3.05) is 6.61 Å². The summed E-state index contributed by atoms with van der Waals surface area (Å²) in [6, 6.07) is 8.63. The summed E-state index contributed by atoms with van der Waals surface area (Å²) in [5.41, 5.74) is 5.25. The number of fused-ring (bicyclic) bond motifs is 3. The quantitative estimate of drug-likeness (QED) is 0.530. The first-order chi connectivity index (χ1) is 9.62. The fourth-order valence-corrected chi connectivity index (χ4v) is 4.88. The van der Waals surface area contributed by atoms with Crippen LogP contribution in [0.15, 0.2) is 35.4 Å². The van der Waals surface area contributed by atoms with Crippen molar-refractivity contribution in [3.05, 3.63) is 46.5 Å². The minimum Gasteiger partial charge on any atom is -0.464 e. The van der Waals surface area contributed by atoms with Crippen molar-refractivity contribution in [2.45, 2.75) is 39.0 Å². The molecule has 0 N–H and O–H groups in total. The molecule has 20 heavy (non-hydrogen) atoms. The third-order valence-corrected chi connectivity index (χ3v) is 5.46. The van der Waals surface area contributed by atoms with Gasteiger partial charge in [-0.3, -0.25) is 4.79 Å². The second-order valence-electron chi connectivity index (χ2n) is 6.76. The van der Waals surface area contributed by atoms with Crippen LogP contribution in [-0.4, -0.2) is 12.6 Å². The topological polar surface area (TPSA) is 26.3 Å². The van der Waals surface area contributed by atoms with Crippen LogP contribution < -0.4 is 0 Å². The zero-order chi connectivity index (χ0) is 13.9. The highest BCUT2D eigenvalue weighted by molar-refractivity contribution is 5.84. The second-order valence-corrected chi connectivity index (χ2v) is 6.76. The summed E-state index contributed by atoms with van der Waals surface area (Å²) in [6.45, 7) is 4.98. The molecule has 1 saturated heterocycles. The van der Waals surface area contributed by atoms with Crippen LogP contribution in [0.5, 0.6) is 0 Å². The number of hydrogen-bond acceptors (Lipinski definition) is 2. The molecular formula is C18H20O2. The maximum Gasteiger partial charge on any atom is 0.316 e. The predicted octanol–water partition coefficient (Wildman–Crippen LogP) is 3.62. The summed E-state index contributed by atoms with van der Waals surface area (Å²) < 4.78 is 5.53. The van der Waals surface area contributed by atoms with Gasteiger partial charge in [-0.15, -0.1) is 0 Å². The Morgan fingerprint density at radius 2 is 2.10 bits per heavy atom. The zero-order valence-corrected chi connectivity index (χ0v) is 12.1. The molecule has 2 heteroatoms. The molecule has 2 aliphatic carbocycles. The van der Waals surface area contributed by atoms with Crippen LogP contribution >= 0.6 is 0 Å². The van der Waals surface area contributed by atoms with E-state index in [-0.39, 0.29) is 11.4 Å². The third kappa shape index (κ3) is 1.42. The van der Waals surface area contributed by atoms with Crippen molar-refractivity contribution in [3.63, 3.8) is 0 Å². The van der Waals surface area contributed by atoms with Gasteiger partial charge in [-0.25, -0.2) is 0 Å². The number of cyclic esters (lactones) is 1. The lowest BCUT2D eigenvalue weighted by atomic mass is 9.55. The van der Waals surface area contributed by atoms with Crippen LogP contribution in [0, 0.1) is 11.3 Å². The molecule has 1 aromatic rings. The van der Waals surface area contributed by atoms with Crippen LogP contribution in [0.25, 0.3) is 0 Å². The molecule has 0 saturated carbocycles. The third-order valence-electron chi connectivity index (χ3n) is 5.46. The Balaban J connectivity index is 1.93. The Bertz CT molecular complexity index is 628. The lowest BCUT2D eigenvalue weighted by Gasteiger charge is -2.50. The number of allylic oxidation sites excluding steroid dienone is 1. The lowest BCUT2D eigenvalue weighted by molar-refractivity contribution is -0.161. The van der Waals surface area contributed by atoms with Crippen LogP contribution in [0.3, 0.4) is 0 Å². The van der Waals surface area contributed by atoms with E-state index < -0.39 is 0 Å². The molecular weight excluding hydrogens is 248 g/mol. The van der Waals surface area contributed by atoms with Gasteiger partial charge < -0.3 is 4.74 Å². The molecule has 1 spiro atoms. The summed E-state index contributed by atoms with van der Waals surface area (Å²) in [7, 11) is 0. The van der Waals surface area contributed by atoms with Gasteiger partial charge in [-0.05, 0) is 48.8 Å². The first-order valence-electron chi connectivity index (χ1n) is 7.57. The fourth-order valence-electron chi connectivity index (χ4n) is 4.88. The fraction of sp³-hybridized carbons (Fsp3) is 0.500. The molecule has 3 atom stereocenters. The van der Waals surface area contributed by atoms with Crippen molar-refractivity contribution in [2.24, 2.45) is 11.3 Å². The predicted molar refractivity (Wildman–Crippen MR) is 77.4 cm³/mol. The first-order valence-corrected chi connectivity index (χ1v) is 7.57. The van der Waals surface area contributed by atoms with E-state index >= 15 is 0 Å². The average Bonchev–Trinajstić information content (AvgIpc) is 2.43. The Labute approximate surface area is 119 Å². The van der Waals surface area contributed by atoms with Crippen molar-refractivity contribution >= 4 is 5.97 Å². The van der Waals surface area contributed by atoms with Gasteiger partial charge in [0.05, 0.1) is 12.0 Å². The Morgan fingerprint density at radius 3 is 2.95 bits per heavy atom. The van der Waals surface area contributed by atoms with E-state index in [1.54, 1.807) is 0 Å². The molecule has 3 aliphatic rings. The molecule has 0 radical (unpaired) electrons. The van der Waals surface area contributed by atoms with Gasteiger partial charge in [0, 0.05) is 5.92 Å². The zero-order valence-electron chi connectivity index (χ0n) is 12.1. The maximum absolute atomic E-state index is 12.6. The van der Waals surface area contributed by atoms with E-state index in [2.05, 4.69) is 38.1 Å². The summed E-state index contributed by atoms with van der Waals surface area (Å²) in [5, 5.41) is 0. The van der Waals surface area contributed by atoms with Crippen LogP contribution in [-0.2, 0) is 16.0 Å². The smallest absolute Gasteiger partial charge is 0.316 e. The maximum atomic E-state index is 12.6. The molecule has 4 rings (SSSR count). The van der Waals surface area contributed by atoms with Gasteiger partial charge in [0.1, 0.15) is 0 Å². The van der Waals surface area contributed by atoms with E-state index in [9.17, 15) is 4.79 Å². The molecule has 1 heterocycles. The monoisotopic (exact) mass is 268 g/mol. The van der Waals surface area contributed by atoms with Gasteiger partial charge in [0.15, 0.2) is 0 Å². The molecule has 0 aromatic heterocycles. The van der Waals surface area contributed by atoms with E-state index in [4.69, 9.17) is 4.74 Å². The van der Waals surface area contributed by atoms with Gasteiger partial charge in [0.2, 0.25) is 0 Å². The minimum absolute atomic E-state index is 0.0177. The number of hydrogen-bond donors (Lipinski definition) is 0. The lowest BCUT2D eigenvalue weighted by Crippen LogP contribution is -2.49. The van der Waals surface area contributed by atoms with Gasteiger partial charge in [-0.1, -0.05) is 36.8 Å². The molecule has 1 aliphatic heterocycles. The highest BCUT2D eigenvalue weighted by Gasteiger charge is 2.54. The van der Waals surface area contributed by atoms with Crippen molar-refractivity contribution < 1.29 is 9.53 Å². The van der Waals surface area contributed by atoms with E-state index in [1.165, 1.54) is 22.3 Å². The molecule has 0 unspecified atom stereocenters. The van der Waals surface area contributed by atoms with Crippen molar-refractivity contribution in [1.82, 2.24) is 0 Å². The van der Waals surface area contributed by atoms with Crippen LogP contribution in [0.1, 0.15) is 43.7 Å². The highest BCUT2D eigenvalue weighted by Crippen LogP contribution is 2.57. The summed E-state index contributed by atoms with van der Waals surface area (Å²) >= 11 is 0. The summed E-state index contributed by atoms with van der Waals surface area (Å²) in [5.74, 6) is 0.879. The number of rotatable bonds is 0.